The van der Waals surface area contributed by atoms with E-state index >= 15 is 0 Å². The Morgan fingerprint density at radius 1 is 0.980 bits per heavy atom. The first kappa shape index (κ1) is 35.0. The highest BCUT2D eigenvalue weighted by Crippen LogP contribution is 2.75. The molecule has 5 aliphatic carbocycles. The number of nitrogens with one attached hydrogen (secondary N) is 1. The van der Waals surface area contributed by atoms with E-state index in [0.717, 1.165) is 76.0 Å². The summed E-state index contributed by atoms with van der Waals surface area (Å²) in [5, 5.41) is 6.07. The van der Waals surface area contributed by atoms with Crippen LogP contribution in [0.2, 0.25) is 0 Å². The van der Waals surface area contributed by atoms with Crippen LogP contribution in [0.3, 0.4) is 0 Å². The van der Waals surface area contributed by atoms with E-state index in [4.69, 9.17) is 9.57 Å². The second kappa shape index (κ2) is 11.8. The lowest BCUT2D eigenvalue weighted by Gasteiger charge is -2.71. The third-order valence-corrected chi connectivity index (χ3v) is 16.1. The first-order chi connectivity index (χ1) is 23.0. The Hall–Kier alpha value is -2.46. The molecule has 9 nitrogen and oxygen atoms in total. The van der Waals surface area contributed by atoms with Crippen LogP contribution in [0, 0.1) is 50.2 Å². The molecule has 2 aliphatic heterocycles. The maximum atomic E-state index is 14.6. The number of oxime groups is 1. The van der Waals surface area contributed by atoms with Crippen molar-refractivity contribution in [2.24, 2.45) is 55.4 Å². The van der Waals surface area contributed by atoms with Gasteiger partial charge in [-0.15, -0.1) is 0 Å². The van der Waals surface area contributed by atoms with Crippen LogP contribution >= 0.6 is 11.8 Å². The van der Waals surface area contributed by atoms with Gasteiger partial charge < -0.3 is 14.5 Å². The van der Waals surface area contributed by atoms with Crippen molar-refractivity contribution in [2.75, 3.05) is 26.3 Å². The highest BCUT2D eigenvalue weighted by Gasteiger charge is 2.69. The minimum absolute atomic E-state index is 0.0256. The number of hydrogen-bond acceptors (Lipinski definition) is 8. The van der Waals surface area contributed by atoms with Gasteiger partial charge in [-0.25, -0.2) is 4.79 Å². The Labute approximate surface area is 295 Å². The predicted molar refractivity (Wildman–Crippen MR) is 189 cm³/mol. The van der Waals surface area contributed by atoms with Gasteiger partial charge in [-0.3, -0.25) is 19.7 Å². The lowest BCUT2D eigenvalue weighted by molar-refractivity contribution is -0.177. The van der Waals surface area contributed by atoms with Gasteiger partial charge in [0.05, 0.1) is 29.2 Å². The standard InChI is InChI=1S/C39H55N3O6S/c1-34(2)14-16-39(32(45)42-18-20-47-21-19-42)17-15-37(6)24(25(39)23-34)8-9-28-36(5)12-11-29(35(3,4)27(36)10-13-38(28,37)7)41-48-30(43)22-26-31(44)40-33(46)49-26/h8,22,25,27-28H,9-21,23H2,1-7H3,(H,40,44,46)/b26-22-,41-29-/t25-,27-,28-,36+,37-,38-,39+/m1/s1. The molecule has 2 heterocycles. The SMILES string of the molecule is CC1(C)CC[C@]2(C(=O)N3CCOCC3)CC[C@]3(C)C(=CC[C@@H]4[C@@]5(C)CC/C(=N/OC(=O)/C=C6\SC(=O)NC6=O)C(C)(C)[C@H]5CC[C@]43C)[C@H]2C1. The number of thioether (sulfide) groups is 1. The summed E-state index contributed by atoms with van der Waals surface area (Å²) >= 11 is 0.693. The van der Waals surface area contributed by atoms with Crippen LogP contribution in [0.15, 0.2) is 27.8 Å². The van der Waals surface area contributed by atoms with Gasteiger partial charge in [0, 0.05) is 24.6 Å². The van der Waals surface area contributed by atoms with Crippen LogP contribution in [0.25, 0.3) is 0 Å². The number of fused-ring (bicyclic) bond motifs is 7. The topological polar surface area (TPSA) is 114 Å². The second-order valence-electron chi connectivity index (χ2n) is 18.3. The molecule has 2 saturated heterocycles. The number of morpholine rings is 1. The van der Waals surface area contributed by atoms with Crippen LogP contribution in [-0.4, -0.2) is 59.9 Å². The molecule has 0 spiro atoms. The summed E-state index contributed by atoms with van der Waals surface area (Å²) in [6, 6.07) is 0. The predicted octanol–water partition coefficient (Wildman–Crippen LogP) is 7.41. The van der Waals surface area contributed by atoms with Crippen LogP contribution in [0.4, 0.5) is 4.79 Å². The van der Waals surface area contributed by atoms with Gasteiger partial charge in [0.25, 0.3) is 11.1 Å². The molecule has 0 unspecified atom stereocenters. The van der Waals surface area contributed by atoms with Crippen molar-refractivity contribution < 1.29 is 28.8 Å². The van der Waals surface area contributed by atoms with Crippen molar-refractivity contribution in [1.82, 2.24) is 10.2 Å². The lowest BCUT2D eigenvalue weighted by Crippen LogP contribution is -2.65. The third kappa shape index (κ3) is 5.31. The van der Waals surface area contributed by atoms with E-state index < -0.39 is 17.1 Å². The fourth-order valence-corrected chi connectivity index (χ4v) is 13.0. The van der Waals surface area contributed by atoms with Gasteiger partial charge in [-0.1, -0.05) is 65.3 Å². The second-order valence-corrected chi connectivity index (χ2v) is 19.3. The van der Waals surface area contributed by atoms with E-state index in [1.54, 1.807) is 5.57 Å². The zero-order valence-corrected chi connectivity index (χ0v) is 31.4. The summed E-state index contributed by atoms with van der Waals surface area (Å²) in [5.41, 5.74) is 2.33. The smallest absolute Gasteiger partial charge is 0.359 e. The molecule has 4 saturated carbocycles. The lowest BCUT2D eigenvalue weighted by atomic mass is 9.33. The van der Waals surface area contributed by atoms with E-state index in [0.29, 0.717) is 55.8 Å². The largest absolute Gasteiger partial charge is 0.378 e. The minimum Gasteiger partial charge on any atom is -0.378 e. The van der Waals surface area contributed by atoms with Gasteiger partial charge in [0.1, 0.15) is 0 Å². The fraction of sp³-hybridized carbons (Fsp3) is 0.769. The van der Waals surface area contributed by atoms with E-state index in [9.17, 15) is 19.2 Å². The Bertz CT molecular complexity index is 1560. The molecule has 0 radical (unpaired) electrons. The number of amides is 3. The number of carbonyl (C=O) groups excluding carboxylic acids is 4. The van der Waals surface area contributed by atoms with Crippen molar-refractivity contribution >= 4 is 40.5 Å². The normalized spacial score (nSPS) is 42.7. The summed E-state index contributed by atoms with van der Waals surface area (Å²) < 4.78 is 5.65. The van der Waals surface area contributed by atoms with Crippen molar-refractivity contribution in [3.63, 3.8) is 0 Å². The minimum atomic E-state index is -0.746. The average molecular weight is 694 g/mol. The first-order valence-electron chi connectivity index (χ1n) is 18.6. The maximum absolute atomic E-state index is 14.6. The number of nitrogens with zero attached hydrogens (tertiary/aromatic N) is 2. The summed E-state index contributed by atoms with van der Waals surface area (Å²) in [5.74, 6) is 0.204. The van der Waals surface area contributed by atoms with Gasteiger partial charge in [0.2, 0.25) is 5.91 Å². The number of rotatable bonds is 3. The van der Waals surface area contributed by atoms with Crippen molar-refractivity contribution in [1.29, 1.82) is 0 Å². The molecule has 7 rings (SSSR count). The molecule has 6 fully saturated rings. The Morgan fingerprint density at radius 3 is 2.39 bits per heavy atom. The van der Waals surface area contributed by atoms with Crippen LogP contribution in [0.5, 0.6) is 0 Å². The third-order valence-electron chi connectivity index (χ3n) is 15.3. The molecule has 0 aromatic heterocycles. The molecular formula is C39H55N3O6S. The fourth-order valence-electron chi connectivity index (χ4n) is 12.3. The zero-order valence-electron chi connectivity index (χ0n) is 30.5. The quantitative estimate of drug-likeness (QED) is 0.142. The first-order valence-corrected chi connectivity index (χ1v) is 19.4. The molecule has 0 bridgehead atoms. The Balaban J connectivity index is 1.17. The van der Waals surface area contributed by atoms with Crippen molar-refractivity contribution in [3.05, 3.63) is 22.6 Å². The molecule has 7 aliphatic rings. The van der Waals surface area contributed by atoms with Gasteiger partial charge in [-0.2, -0.15) is 0 Å². The van der Waals surface area contributed by atoms with E-state index in [1.807, 2.05) is 0 Å². The molecular weight excluding hydrogens is 639 g/mol. The maximum Gasteiger partial charge on any atom is 0.359 e. The van der Waals surface area contributed by atoms with Crippen LogP contribution < -0.4 is 5.32 Å². The molecule has 10 heteroatoms. The van der Waals surface area contributed by atoms with Crippen molar-refractivity contribution in [3.8, 4) is 0 Å². The van der Waals surface area contributed by atoms with Crippen LogP contribution in [0.1, 0.15) is 113 Å². The number of imide groups is 1. The zero-order chi connectivity index (χ0) is 35.2. The number of ether oxygens (including phenoxy) is 1. The summed E-state index contributed by atoms with van der Waals surface area (Å²) in [7, 11) is 0. The average Bonchev–Trinajstić information content (AvgIpc) is 3.36. The number of hydrogen-bond donors (Lipinski definition) is 1. The Kier molecular flexibility index (Phi) is 8.41. The summed E-state index contributed by atoms with van der Waals surface area (Å²) in [4.78, 5) is 58.1. The van der Waals surface area contributed by atoms with Crippen LogP contribution in [-0.2, 0) is 24.0 Å². The monoisotopic (exact) mass is 693 g/mol. The number of allylic oxidation sites excluding steroid dienone is 2. The highest BCUT2D eigenvalue weighted by molar-refractivity contribution is 8.18. The summed E-state index contributed by atoms with van der Waals surface area (Å²) in [6.07, 6.45) is 13.8. The van der Waals surface area contributed by atoms with Gasteiger partial charge >= 0.3 is 5.97 Å². The molecule has 49 heavy (non-hydrogen) atoms. The molecule has 1 N–H and O–H groups in total. The van der Waals surface area contributed by atoms with E-state index in [1.165, 1.54) is 0 Å². The molecule has 0 aromatic rings. The summed E-state index contributed by atoms with van der Waals surface area (Å²) in [6.45, 7) is 19.7. The van der Waals surface area contributed by atoms with Gasteiger partial charge in [-0.05, 0) is 115 Å². The van der Waals surface area contributed by atoms with E-state index in [-0.39, 0.29) is 43.3 Å². The van der Waals surface area contributed by atoms with E-state index in [2.05, 4.69) is 69.9 Å². The van der Waals surface area contributed by atoms with Gasteiger partial charge in [0.15, 0.2) is 0 Å². The molecule has 7 atom stereocenters. The van der Waals surface area contributed by atoms with Crippen molar-refractivity contribution in [2.45, 2.75) is 113 Å². The molecule has 0 aromatic carbocycles. The number of carbonyl (C=O) groups is 4. The molecule has 3 amide bonds. The Morgan fingerprint density at radius 2 is 1.69 bits per heavy atom. The highest BCUT2D eigenvalue weighted by atomic mass is 32.2. The molecule has 268 valence electrons.